The van der Waals surface area contributed by atoms with E-state index in [-0.39, 0.29) is 45.0 Å². The topological polar surface area (TPSA) is 20.3 Å². The summed E-state index contributed by atoms with van der Waals surface area (Å²) < 4.78 is 26.1. The fourth-order valence-corrected chi connectivity index (χ4v) is 2.58. The minimum Gasteiger partial charge on any atom is -0.342 e. The Labute approximate surface area is 150 Å². The van der Waals surface area contributed by atoms with Crippen LogP contribution in [0.15, 0.2) is 22.7 Å². The van der Waals surface area contributed by atoms with Gasteiger partial charge in [-0.1, -0.05) is 35.0 Å². The van der Waals surface area contributed by atoms with Crippen LogP contribution in [0.2, 0.25) is 0 Å². The zero-order chi connectivity index (χ0) is 14.0. The zero-order valence-electron chi connectivity index (χ0n) is 11.0. The molecule has 1 radical (unpaired) electrons. The first-order valence-electron chi connectivity index (χ1n) is 5.95. The molecule has 0 atom stereocenters. The van der Waals surface area contributed by atoms with Crippen LogP contribution >= 0.6 is 15.9 Å². The molecule has 105 valence electrons. The van der Waals surface area contributed by atoms with E-state index >= 15 is 0 Å². The number of aryl methyl sites for hydroxylation is 1. The molecule has 20 heavy (non-hydrogen) atoms. The standard InChI is InChI=1S/C14H13BrF2NO.Y/c1-9-7-10(15)5-6-11(9)12-3-2-4-14(19)18(12)8-13(16)17;/h5-7,13H,2,4,8H2,1H3;/q-1;. The SMILES string of the molecule is Cc1cc(Br)ccc1C1=[C-]CCC(=O)N1CC(F)F.[Y]. The number of carbonyl (C=O) groups excluding carboxylic acids is 1. The summed E-state index contributed by atoms with van der Waals surface area (Å²) in [6.45, 7) is 1.31. The Bertz CT molecular complexity index is 534. The molecule has 1 aliphatic rings. The summed E-state index contributed by atoms with van der Waals surface area (Å²) in [6, 6.07) is 5.54. The molecule has 0 unspecified atom stereocenters. The van der Waals surface area contributed by atoms with Crippen molar-refractivity contribution in [3.8, 4) is 0 Å². The molecule has 1 heterocycles. The first kappa shape index (κ1) is 17.9. The number of benzene rings is 1. The minimum atomic E-state index is -2.55. The van der Waals surface area contributed by atoms with E-state index in [1.54, 1.807) is 0 Å². The van der Waals surface area contributed by atoms with Crippen molar-refractivity contribution < 1.29 is 46.3 Å². The van der Waals surface area contributed by atoms with Crippen LogP contribution in [0.1, 0.15) is 24.0 Å². The Morgan fingerprint density at radius 3 is 2.75 bits per heavy atom. The monoisotopic (exact) mass is 417 g/mol. The summed E-state index contributed by atoms with van der Waals surface area (Å²) in [5.41, 5.74) is 2.17. The summed E-state index contributed by atoms with van der Waals surface area (Å²) >= 11 is 3.36. The molecular formula is C14H13BrF2NOY-. The van der Waals surface area contributed by atoms with Crippen molar-refractivity contribution in [2.75, 3.05) is 6.54 Å². The predicted molar refractivity (Wildman–Crippen MR) is 72.5 cm³/mol. The van der Waals surface area contributed by atoms with Crippen molar-refractivity contribution in [2.24, 2.45) is 0 Å². The number of hydrogen-bond acceptors (Lipinski definition) is 1. The van der Waals surface area contributed by atoms with Gasteiger partial charge in [0, 0.05) is 43.6 Å². The Morgan fingerprint density at radius 2 is 2.15 bits per heavy atom. The number of nitrogens with zero attached hydrogens (tertiary/aromatic N) is 1. The smallest absolute Gasteiger partial charge is 0.256 e. The van der Waals surface area contributed by atoms with E-state index in [1.165, 1.54) is 0 Å². The second-order valence-electron chi connectivity index (χ2n) is 4.38. The van der Waals surface area contributed by atoms with Gasteiger partial charge in [0.25, 0.3) is 6.43 Å². The molecule has 1 aromatic rings. The third kappa shape index (κ3) is 4.18. The molecule has 1 aromatic carbocycles. The zero-order valence-corrected chi connectivity index (χ0v) is 15.4. The minimum absolute atomic E-state index is 0. The van der Waals surface area contributed by atoms with Gasteiger partial charge in [-0.15, -0.1) is 29.3 Å². The molecule has 0 aromatic heterocycles. The third-order valence-corrected chi connectivity index (χ3v) is 3.46. The normalized spacial score (nSPS) is 15.2. The van der Waals surface area contributed by atoms with Crippen LogP contribution in [0.5, 0.6) is 0 Å². The number of rotatable bonds is 3. The Hall–Kier alpha value is -0.126. The van der Waals surface area contributed by atoms with Crippen molar-refractivity contribution in [3.05, 3.63) is 39.9 Å². The van der Waals surface area contributed by atoms with E-state index in [0.717, 1.165) is 20.5 Å². The van der Waals surface area contributed by atoms with E-state index in [2.05, 4.69) is 22.0 Å². The second kappa shape index (κ2) is 7.76. The van der Waals surface area contributed by atoms with Gasteiger partial charge in [0.05, 0.1) is 6.54 Å². The maximum absolute atomic E-state index is 12.6. The van der Waals surface area contributed by atoms with Gasteiger partial charge in [0.2, 0.25) is 5.91 Å². The molecule has 0 fully saturated rings. The molecule has 0 aliphatic carbocycles. The van der Waals surface area contributed by atoms with Gasteiger partial charge in [-0.25, -0.2) is 14.9 Å². The molecule has 0 bridgehead atoms. The fraction of sp³-hybridized carbons (Fsp3) is 0.357. The Balaban J connectivity index is 0.00000200. The first-order valence-corrected chi connectivity index (χ1v) is 6.74. The number of carbonyl (C=O) groups is 1. The molecular weight excluding hydrogens is 405 g/mol. The number of hydrogen-bond donors (Lipinski definition) is 0. The van der Waals surface area contributed by atoms with Crippen LogP contribution < -0.4 is 0 Å². The van der Waals surface area contributed by atoms with Crippen LogP contribution in [0.3, 0.4) is 0 Å². The maximum atomic E-state index is 12.6. The van der Waals surface area contributed by atoms with E-state index in [1.807, 2.05) is 25.1 Å². The largest absolute Gasteiger partial charge is 0.342 e. The molecule has 2 nitrogen and oxygen atoms in total. The summed E-state index contributed by atoms with van der Waals surface area (Å²) in [6.07, 6.45) is 1.23. The summed E-state index contributed by atoms with van der Waals surface area (Å²) in [5.74, 6) is -0.267. The van der Waals surface area contributed by atoms with Crippen molar-refractivity contribution in [1.29, 1.82) is 0 Å². The number of amides is 1. The summed E-state index contributed by atoms with van der Waals surface area (Å²) in [7, 11) is 0. The van der Waals surface area contributed by atoms with Gasteiger partial charge in [-0.05, 0) is 0 Å². The van der Waals surface area contributed by atoms with E-state index in [9.17, 15) is 13.6 Å². The van der Waals surface area contributed by atoms with Crippen LogP contribution in [-0.2, 0) is 37.5 Å². The molecule has 1 amide bonds. The van der Waals surface area contributed by atoms with Gasteiger partial charge in [0.1, 0.15) is 0 Å². The summed E-state index contributed by atoms with van der Waals surface area (Å²) in [4.78, 5) is 13.0. The van der Waals surface area contributed by atoms with Crippen molar-refractivity contribution in [2.45, 2.75) is 26.2 Å². The van der Waals surface area contributed by atoms with Gasteiger partial charge in [0.15, 0.2) is 0 Å². The van der Waals surface area contributed by atoms with Crippen LogP contribution in [0.25, 0.3) is 5.70 Å². The maximum Gasteiger partial charge on any atom is 0.256 e. The second-order valence-corrected chi connectivity index (χ2v) is 5.30. The number of allylic oxidation sites excluding steroid dienone is 1. The molecule has 2 rings (SSSR count). The molecule has 6 heteroatoms. The first-order chi connectivity index (χ1) is 8.99. The third-order valence-electron chi connectivity index (χ3n) is 2.97. The van der Waals surface area contributed by atoms with Crippen molar-refractivity contribution in [1.82, 2.24) is 4.90 Å². The van der Waals surface area contributed by atoms with Crippen molar-refractivity contribution in [3.63, 3.8) is 0 Å². The Morgan fingerprint density at radius 1 is 1.45 bits per heavy atom. The molecule has 0 saturated carbocycles. The van der Waals surface area contributed by atoms with Gasteiger partial charge >= 0.3 is 0 Å². The summed E-state index contributed by atoms with van der Waals surface area (Å²) in [5, 5.41) is 0. The average Bonchev–Trinajstić information content (AvgIpc) is 2.32. The molecule has 0 N–H and O–H groups in total. The van der Waals surface area contributed by atoms with Crippen LogP contribution in [0.4, 0.5) is 8.78 Å². The molecule has 1 aliphatic heterocycles. The van der Waals surface area contributed by atoms with Crippen LogP contribution in [-0.4, -0.2) is 23.8 Å². The molecule has 0 saturated heterocycles. The number of alkyl halides is 2. The van der Waals surface area contributed by atoms with Crippen LogP contribution in [0, 0.1) is 13.0 Å². The van der Waals surface area contributed by atoms with Gasteiger partial charge in [-0.2, -0.15) is 0 Å². The average molecular weight is 418 g/mol. The fourth-order valence-electron chi connectivity index (χ4n) is 2.11. The predicted octanol–water partition coefficient (Wildman–Crippen LogP) is 3.79. The number of halogens is 3. The van der Waals surface area contributed by atoms with E-state index < -0.39 is 13.0 Å². The van der Waals surface area contributed by atoms with Crippen molar-refractivity contribution >= 4 is 27.5 Å². The molecule has 0 spiro atoms. The Kier molecular flexibility index (Phi) is 6.96. The van der Waals surface area contributed by atoms with Gasteiger partial charge in [-0.3, -0.25) is 4.79 Å². The van der Waals surface area contributed by atoms with E-state index in [0.29, 0.717) is 12.1 Å². The van der Waals surface area contributed by atoms with Gasteiger partial charge < -0.3 is 4.90 Å². The quantitative estimate of drug-likeness (QED) is 0.685. The van der Waals surface area contributed by atoms with E-state index in [4.69, 9.17) is 0 Å².